The van der Waals surface area contributed by atoms with E-state index in [4.69, 9.17) is 4.52 Å². The zero-order chi connectivity index (χ0) is 17.6. The average molecular weight is 343 g/mol. The van der Waals surface area contributed by atoms with Crippen LogP contribution in [0.5, 0.6) is 0 Å². The summed E-state index contributed by atoms with van der Waals surface area (Å²) in [5.74, 6) is 0.367. The van der Waals surface area contributed by atoms with Crippen molar-refractivity contribution in [3.63, 3.8) is 0 Å². The molecule has 0 aliphatic heterocycles. The van der Waals surface area contributed by atoms with Crippen LogP contribution >= 0.6 is 0 Å². The van der Waals surface area contributed by atoms with Gasteiger partial charge in [-0.2, -0.15) is 13.2 Å². The number of rotatable bonds is 2. The Bertz CT molecular complexity index is 973. The molecule has 0 radical (unpaired) electrons. The second kappa shape index (κ2) is 5.58. The largest absolute Gasteiger partial charge is 0.416 e. The van der Waals surface area contributed by atoms with Crippen LogP contribution < -0.4 is 0 Å². The molecule has 0 amide bonds. The molecule has 0 bridgehead atoms. The van der Waals surface area contributed by atoms with E-state index in [2.05, 4.69) is 5.16 Å². The number of benzene rings is 2. The number of halogens is 3. The predicted molar refractivity (Wildman–Crippen MR) is 85.2 cm³/mol. The molecular formula is C19H12F3NO2. The molecule has 1 aliphatic carbocycles. The van der Waals surface area contributed by atoms with Gasteiger partial charge in [0, 0.05) is 22.3 Å². The standard InChI is InChI=1S/C19H12F3NO2/c20-19(21,22)14-3-1-2-13(9-14)18-16-7-5-12-8-11(10-24)4-6-15(12)17(16)23-25-18/h1-4,6,8-10H,5,7H2. The number of alkyl halides is 3. The summed E-state index contributed by atoms with van der Waals surface area (Å²) in [6.45, 7) is 0. The Kier molecular flexibility index (Phi) is 3.49. The lowest BCUT2D eigenvalue weighted by Crippen LogP contribution is -2.06. The Hall–Kier alpha value is -2.89. The molecule has 0 atom stereocenters. The molecule has 0 spiro atoms. The molecule has 1 aliphatic rings. The van der Waals surface area contributed by atoms with E-state index >= 15 is 0 Å². The highest BCUT2D eigenvalue weighted by Crippen LogP contribution is 2.40. The number of aromatic nitrogens is 1. The number of hydrogen-bond donors (Lipinski definition) is 0. The second-order valence-electron chi connectivity index (χ2n) is 5.95. The van der Waals surface area contributed by atoms with Crippen LogP contribution in [0.15, 0.2) is 47.0 Å². The summed E-state index contributed by atoms with van der Waals surface area (Å²) >= 11 is 0. The van der Waals surface area contributed by atoms with Crippen molar-refractivity contribution in [3.8, 4) is 22.6 Å². The monoisotopic (exact) mass is 343 g/mol. The van der Waals surface area contributed by atoms with Crippen molar-refractivity contribution in [3.05, 3.63) is 64.7 Å². The molecular weight excluding hydrogens is 331 g/mol. The highest BCUT2D eigenvalue weighted by Gasteiger charge is 2.31. The second-order valence-corrected chi connectivity index (χ2v) is 5.95. The van der Waals surface area contributed by atoms with Gasteiger partial charge in [-0.25, -0.2) is 0 Å². The third-order valence-corrected chi connectivity index (χ3v) is 4.41. The number of carbonyl (C=O) groups excluding carboxylic acids is 1. The van der Waals surface area contributed by atoms with E-state index in [-0.39, 0.29) is 0 Å². The Morgan fingerprint density at radius 3 is 2.68 bits per heavy atom. The molecule has 0 N–H and O–H groups in total. The maximum Gasteiger partial charge on any atom is 0.416 e. The van der Waals surface area contributed by atoms with E-state index in [0.29, 0.717) is 35.4 Å². The number of aryl methyl sites for hydroxylation is 1. The fourth-order valence-corrected chi connectivity index (χ4v) is 3.20. The lowest BCUT2D eigenvalue weighted by atomic mass is 9.87. The van der Waals surface area contributed by atoms with E-state index in [9.17, 15) is 18.0 Å². The maximum atomic E-state index is 12.9. The first-order chi connectivity index (χ1) is 12.0. The molecule has 1 heterocycles. The van der Waals surface area contributed by atoms with Gasteiger partial charge in [0.25, 0.3) is 0 Å². The van der Waals surface area contributed by atoms with Gasteiger partial charge in [0.05, 0.1) is 5.56 Å². The van der Waals surface area contributed by atoms with Crippen LogP contribution in [0.2, 0.25) is 0 Å². The Balaban J connectivity index is 1.81. The maximum absolute atomic E-state index is 12.9. The van der Waals surface area contributed by atoms with E-state index in [1.807, 2.05) is 6.07 Å². The van der Waals surface area contributed by atoms with Gasteiger partial charge >= 0.3 is 6.18 Å². The number of carbonyl (C=O) groups is 1. The average Bonchev–Trinajstić information content (AvgIpc) is 3.05. The molecule has 4 rings (SSSR count). The molecule has 0 unspecified atom stereocenters. The van der Waals surface area contributed by atoms with Gasteiger partial charge in [0.1, 0.15) is 12.0 Å². The van der Waals surface area contributed by atoms with E-state index < -0.39 is 11.7 Å². The SMILES string of the molecule is O=Cc1ccc2c(c1)CCc1c-2noc1-c1cccc(C(F)(F)F)c1. The third-order valence-electron chi connectivity index (χ3n) is 4.41. The van der Waals surface area contributed by atoms with E-state index in [0.717, 1.165) is 35.1 Å². The predicted octanol–water partition coefficient (Wildman–Crippen LogP) is 4.94. The first-order valence-corrected chi connectivity index (χ1v) is 7.72. The molecule has 1 aromatic heterocycles. The number of aldehydes is 1. The van der Waals surface area contributed by atoms with Crippen LogP contribution in [-0.4, -0.2) is 11.4 Å². The summed E-state index contributed by atoms with van der Waals surface area (Å²) in [6.07, 6.45) is -2.35. The summed E-state index contributed by atoms with van der Waals surface area (Å²) in [6, 6.07) is 10.4. The summed E-state index contributed by atoms with van der Waals surface area (Å²) in [4.78, 5) is 10.9. The van der Waals surface area contributed by atoms with Crippen molar-refractivity contribution in [2.45, 2.75) is 19.0 Å². The van der Waals surface area contributed by atoms with Crippen LogP contribution in [0.4, 0.5) is 13.2 Å². The van der Waals surface area contributed by atoms with E-state index in [1.165, 1.54) is 6.07 Å². The highest BCUT2D eigenvalue weighted by molar-refractivity contribution is 5.81. The minimum atomic E-state index is -4.41. The topological polar surface area (TPSA) is 43.1 Å². The minimum Gasteiger partial charge on any atom is -0.355 e. The van der Waals surface area contributed by atoms with Gasteiger partial charge in [-0.3, -0.25) is 4.79 Å². The lowest BCUT2D eigenvalue weighted by molar-refractivity contribution is -0.137. The van der Waals surface area contributed by atoms with Crippen molar-refractivity contribution in [1.29, 1.82) is 0 Å². The molecule has 3 aromatic rings. The molecule has 2 aromatic carbocycles. The summed E-state index contributed by atoms with van der Waals surface area (Å²) in [5, 5.41) is 4.08. The third kappa shape index (κ3) is 2.63. The first-order valence-electron chi connectivity index (χ1n) is 7.72. The Labute approximate surface area is 141 Å². The van der Waals surface area contributed by atoms with Crippen molar-refractivity contribution >= 4 is 6.29 Å². The minimum absolute atomic E-state index is 0.358. The van der Waals surface area contributed by atoms with Crippen LogP contribution in [0.25, 0.3) is 22.6 Å². The normalized spacial score (nSPS) is 13.2. The first kappa shape index (κ1) is 15.6. The zero-order valence-corrected chi connectivity index (χ0v) is 12.9. The fourth-order valence-electron chi connectivity index (χ4n) is 3.20. The molecule has 6 heteroatoms. The summed E-state index contributed by atoms with van der Waals surface area (Å²) < 4.78 is 44.2. The van der Waals surface area contributed by atoms with Crippen LogP contribution in [-0.2, 0) is 19.0 Å². The fraction of sp³-hybridized carbons (Fsp3) is 0.158. The summed E-state index contributed by atoms with van der Waals surface area (Å²) in [7, 11) is 0. The highest BCUT2D eigenvalue weighted by atomic mass is 19.4. The van der Waals surface area contributed by atoms with Gasteiger partial charge in [0.15, 0.2) is 5.76 Å². The smallest absolute Gasteiger partial charge is 0.355 e. The van der Waals surface area contributed by atoms with Crippen LogP contribution in [0, 0.1) is 0 Å². The number of nitrogens with zero attached hydrogens (tertiary/aromatic N) is 1. The molecule has 126 valence electrons. The number of hydrogen-bond acceptors (Lipinski definition) is 3. The number of fused-ring (bicyclic) bond motifs is 3. The quantitative estimate of drug-likeness (QED) is 0.619. The summed E-state index contributed by atoms with van der Waals surface area (Å²) in [5.41, 5.74) is 3.49. The van der Waals surface area contributed by atoms with Crippen LogP contribution in [0.1, 0.15) is 27.0 Å². The zero-order valence-electron chi connectivity index (χ0n) is 12.9. The van der Waals surface area contributed by atoms with Crippen molar-refractivity contribution in [2.75, 3.05) is 0 Å². The van der Waals surface area contributed by atoms with Gasteiger partial charge < -0.3 is 4.52 Å². The molecule has 3 nitrogen and oxygen atoms in total. The molecule has 0 saturated carbocycles. The molecule has 0 saturated heterocycles. The van der Waals surface area contributed by atoms with Gasteiger partial charge in [-0.15, -0.1) is 0 Å². The van der Waals surface area contributed by atoms with Crippen LogP contribution in [0.3, 0.4) is 0 Å². The van der Waals surface area contributed by atoms with Gasteiger partial charge in [-0.1, -0.05) is 29.4 Å². The molecule has 0 fully saturated rings. The van der Waals surface area contributed by atoms with Crippen molar-refractivity contribution in [1.82, 2.24) is 5.16 Å². The van der Waals surface area contributed by atoms with Crippen molar-refractivity contribution in [2.24, 2.45) is 0 Å². The van der Waals surface area contributed by atoms with E-state index in [1.54, 1.807) is 18.2 Å². The lowest BCUT2D eigenvalue weighted by Gasteiger charge is -2.15. The van der Waals surface area contributed by atoms with Gasteiger partial charge in [0.2, 0.25) is 0 Å². The Morgan fingerprint density at radius 2 is 1.92 bits per heavy atom. The van der Waals surface area contributed by atoms with Crippen molar-refractivity contribution < 1.29 is 22.5 Å². The Morgan fingerprint density at radius 1 is 1.08 bits per heavy atom. The molecule has 25 heavy (non-hydrogen) atoms. The van der Waals surface area contributed by atoms with Gasteiger partial charge in [-0.05, 0) is 36.6 Å².